The molecule has 4 heteroatoms. The monoisotopic (exact) mass is 209 g/mol. The van der Waals surface area contributed by atoms with Crippen molar-refractivity contribution in [3.05, 3.63) is 0 Å². The Kier molecular flexibility index (Phi) is 5.13. The lowest BCUT2D eigenvalue weighted by atomic mass is 10.00. The van der Waals surface area contributed by atoms with Crippen molar-refractivity contribution in [2.45, 2.75) is 26.2 Å². The van der Waals surface area contributed by atoms with E-state index < -0.39 is 0 Å². The molecule has 84 valence electrons. The lowest BCUT2D eigenvalue weighted by Crippen LogP contribution is -2.37. The van der Waals surface area contributed by atoms with Crippen LogP contribution in [0.2, 0.25) is 0 Å². The van der Waals surface area contributed by atoms with Crippen molar-refractivity contribution in [3.8, 4) is 6.07 Å². The molecule has 0 saturated carbocycles. The molecule has 0 aromatic carbocycles. The smallest absolute Gasteiger partial charge is 0.221 e. The first kappa shape index (κ1) is 12.0. The van der Waals surface area contributed by atoms with Gasteiger partial charge >= 0.3 is 0 Å². The molecule has 1 fully saturated rings. The minimum Gasteiger partial charge on any atom is -0.356 e. The number of carbonyl (C=O) groups is 1. The van der Waals surface area contributed by atoms with Gasteiger partial charge in [-0.3, -0.25) is 4.79 Å². The average molecular weight is 209 g/mol. The molecule has 1 saturated heterocycles. The van der Waals surface area contributed by atoms with E-state index >= 15 is 0 Å². The summed E-state index contributed by atoms with van der Waals surface area (Å²) in [6.07, 6.45) is 2.63. The molecule has 1 heterocycles. The third-order valence-electron chi connectivity index (χ3n) is 2.72. The molecule has 1 atom stereocenters. The molecule has 0 aromatic rings. The second kappa shape index (κ2) is 6.41. The minimum atomic E-state index is 0.108. The molecule has 0 aromatic heterocycles. The van der Waals surface area contributed by atoms with Gasteiger partial charge in [0.2, 0.25) is 5.91 Å². The van der Waals surface area contributed by atoms with E-state index in [4.69, 9.17) is 5.26 Å². The lowest BCUT2D eigenvalue weighted by molar-refractivity contribution is -0.121. The Morgan fingerprint density at radius 2 is 2.47 bits per heavy atom. The maximum atomic E-state index is 11.2. The van der Waals surface area contributed by atoms with Crippen LogP contribution in [0.25, 0.3) is 0 Å². The predicted molar refractivity (Wildman–Crippen MR) is 58.1 cm³/mol. The zero-order chi connectivity index (χ0) is 11.1. The fraction of sp³-hybridized carbons (Fsp3) is 0.818. The Morgan fingerprint density at radius 3 is 3.13 bits per heavy atom. The number of hydrogen-bond donors (Lipinski definition) is 1. The second-order valence-electron chi connectivity index (χ2n) is 3.97. The summed E-state index contributed by atoms with van der Waals surface area (Å²) in [5.41, 5.74) is 0. The van der Waals surface area contributed by atoms with Gasteiger partial charge in [0.15, 0.2) is 0 Å². The van der Waals surface area contributed by atoms with Crippen LogP contribution in [0.4, 0.5) is 0 Å². The van der Waals surface area contributed by atoms with Gasteiger partial charge in [0.25, 0.3) is 0 Å². The zero-order valence-corrected chi connectivity index (χ0v) is 9.33. The van der Waals surface area contributed by atoms with Gasteiger partial charge in [0.05, 0.1) is 12.0 Å². The third kappa shape index (κ3) is 4.30. The number of piperidine rings is 1. The number of likely N-dealkylation sites (tertiary alicyclic amines) is 1. The normalized spacial score (nSPS) is 22.0. The van der Waals surface area contributed by atoms with Crippen LogP contribution in [0, 0.1) is 17.2 Å². The number of nitrogens with zero attached hydrogens (tertiary/aromatic N) is 2. The Labute approximate surface area is 91.2 Å². The van der Waals surface area contributed by atoms with Crippen molar-refractivity contribution in [1.82, 2.24) is 10.2 Å². The first-order valence-electron chi connectivity index (χ1n) is 5.65. The van der Waals surface area contributed by atoms with E-state index in [1.807, 2.05) is 6.92 Å². The Hall–Kier alpha value is -1.08. The summed E-state index contributed by atoms with van der Waals surface area (Å²) in [6, 6.07) is 2.30. The SMILES string of the molecule is CCNC(=O)CCN1CCCC(C#N)C1. The largest absolute Gasteiger partial charge is 0.356 e. The Bertz CT molecular complexity index is 247. The molecular weight excluding hydrogens is 190 g/mol. The minimum absolute atomic E-state index is 0.108. The number of rotatable bonds is 4. The molecule has 15 heavy (non-hydrogen) atoms. The fourth-order valence-electron chi connectivity index (χ4n) is 1.91. The van der Waals surface area contributed by atoms with Gasteiger partial charge in [0.1, 0.15) is 0 Å². The van der Waals surface area contributed by atoms with Crippen LogP contribution in [-0.2, 0) is 4.79 Å². The lowest BCUT2D eigenvalue weighted by Gasteiger charge is -2.29. The van der Waals surface area contributed by atoms with Crippen LogP contribution < -0.4 is 5.32 Å². The highest BCUT2D eigenvalue weighted by molar-refractivity contribution is 5.75. The van der Waals surface area contributed by atoms with Crippen molar-refractivity contribution in [2.75, 3.05) is 26.2 Å². The van der Waals surface area contributed by atoms with Gasteiger partial charge in [-0.25, -0.2) is 0 Å². The topological polar surface area (TPSA) is 56.1 Å². The molecule has 1 aliphatic rings. The number of hydrogen-bond acceptors (Lipinski definition) is 3. The Balaban J connectivity index is 2.21. The van der Waals surface area contributed by atoms with Crippen molar-refractivity contribution in [1.29, 1.82) is 5.26 Å². The van der Waals surface area contributed by atoms with Gasteiger partial charge < -0.3 is 10.2 Å². The standard InChI is InChI=1S/C11H19N3O/c1-2-13-11(15)5-7-14-6-3-4-10(8-12)9-14/h10H,2-7,9H2,1H3,(H,13,15). The van der Waals surface area contributed by atoms with Crippen LogP contribution in [0.5, 0.6) is 0 Å². The van der Waals surface area contributed by atoms with Crippen LogP contribution in [-0.4, -0.2) is 37.0 Å². The highest BCUT2D eigenvalue weighted by Crippen LogP contribution is 2.15. The molecule has 4 nitrogen and oxygen atoms in total. The number of nitrogens with one attached hydrogen (secondary N) is 1. The van der Waals surface area contributed by atoms with Crippen molar-refractivity contribution < 1.29 is 4.79 Å². The Morgan fingerprint density at radius 1 is 1.67 bits per heavy atom. The van der Waals surface area contributed by atoms with Gasteiger partial charge in [-0.05, 0) is 26.3 Å². The molecule has 1 rings (SSSR count). The van der Waals surface area contributed by atoms with Crippen LogP contribution in [0.1, 0.15) is 26.2 Å². The molecule has 1 aliphatic heterocycles. The number of carbonyl (C=O) groups excluding carboxylic acids is 1. The van der Waals surface area contributed by atoms with E-state index in [1.165, 1.54) is 0 Å². The van der Waals surface area contributed by atoms with Gasteiger partial charge in [-0.2, -0.15) is 5.26 Å². The van der Waals surface area contributed by atoms with E-state index in [1.54, 1.807) is 0 Å². The van der Waals surface area contributed by atoms with Crippen molar-refractivity contribution in [3.63, 3.8) is 0 Å². The first-order valence-corrected chi connectivity index (χ1v) is 5.65. The van der Waals surface area contributed by atoms with Gasteiger partial charge in [-0.1, -0.05) is 0 Å². The second-order valence-corrected chi connectivity index (χ2v) is 3.97. The number of nitriles is 1. The summed E-state index contributed by atoms with van der Waals surface area (Å²) >= 11 is 0. The third-order valence-corrected chi connectivity index (χ3v) is 2.72. The molecule has 1 amide bonds. The number of amides is 1. The summed E-state index contributed by atoms with van der Waals surface area (Å²) in [7, 11) is 0. The molecule has 0 bridgehead atoms. The van der Waals surface area contributed by atoms with E-state index in [0.29, 0.717) is 13.0 Å². The maximum absolute atomic E-state index is 11.2. The fourth-order valence-corrected chi connectivity index (χ4v) is 1.91. The zero-order valence-electron chi connectivity index (χ0n) is 9.33. The van der Waals surface area contributed by atoms with E-state index in [2.05, 4.69) is 16.3 Å². The highest BCUT2D eigenvalue weighted by atomic mass is 16.1. The van der Waals surface area contributed by atoms with E-state index in [0.717, 1.165) is 32.5 Å². The van der Waals surface area contributed by atoms with Crippen molar-refractivity contribution >= 4 is 5.91 Å². The molecule has 1 unspecified atom stereocenters. The maximum Gasteiger partial charge on any atom is 0.221 e. The summed E-state index contributed by atoms with van der Waals surface area (Å²) in [4.78, 5) is 13.4. The van der Waals surface area contributed by atoms with Gasteiger partial charge in [0, 0.05) is 26.1 Å². The first-order chi connectivity index (χ1) is 7.26. The van der Waals surface area contributed by atoms with Crippen LogP contribution in [0.3, 0.4) is 0 Å². The van der Waals surface area contributed by atoms with Crippen molar-refractivity contribution in [2.24, 2.45) is 5.92 Å². The van der Waals surface area contributed by atoms with E-state index in [-0.39, 0.29) is 11.8 Å². The molecule has 1 N–H and O–H groups in total. The highest BCUT2D eigenvalue weighted by Gasteiger charge is 2.19. The average Bonchev–Trinajstić information content (AvgIpc) is 2.27. The van der Waals surface area contributed by atoms with Gasteiger partial charge in [-0.15, -0.1) is 0 Å². The quantitative estimate of drug-likeness (QED) is 0.743. The summed E-state index contributed by atoms with van der Waals surface area (Å²) in [6.45, 7) is 5.25. The summed E-state index contributed by atoms with van der Waals surface area (Å²) < 4.78 is 0. The summed E-state index contributed by atoms with van der Waals surface area (Å²) in [5, 5.41) is 11.6. The molecule has 0 spiro atoms. The molecule has 0 radical (unpaired) electrons. The predicted octanol–water partition coefficient (Wildman–Crippen LogP) is 0.748. The molecule has 0 aliphatic carbocycles. The van der Waals surface area contributed by atoms with Crippen LogP contribution >= 0.6 is 0 Å². The van der Waals surface area contributed by atoms with Crippen LogP contribution in [0.15, 0.2) is 0 Å². The van der Waals surface area contributed by atoms with E-state index in [9.17, 15) is 4.79 Å². The summed E-state index contributed by atoms with van der Waals surface area (Å²) in [5.74, 6) is 0.268. The molecular formula is C11H19N3O.